The van der Waals surface area contributed by atoms with Gasteiger partial charge in [0.05, 0.1) is 4.92 Å². The topological polar surface area (TPSA) is 110 Å². The van der Waals surface area contributed by atoms with Crippen molar-refractivity contribution >= 4 is 23.3 Å². The van der Waals surface area contributed by atoms with Crippen LogP contribution in [-0.4, -0.2) is 34.0 Å². The van der Waals surface area contributed by atoms with Gasteiger partial charge in [-0.1, -0.05) is 13.8 Å². The van der Waals surface area contributed by atoms with Crippen molar-refractivity contribution in [1.29, 1.82) is 0 Å². The molecule has 0 bridgehead atoms. The molecule has 8 nitrogen and oxygen atoms in total. The Balaban J connectivity index is 2.40. The van der Waals surface area contributed by atoms with Crippen LogP contribution in [0.2, 0.25) is 0 Å². The molecule has 0 aliphatic carbocycles. The largest absolute Gasteiger partial charge is 0.378 e. The van der Waals surface area contributed by atoms with Gasteiger partial charge in [0, 0.05) is 19.1 Å². The minimum atomic E-state index is -0.489. The highest BCUT2D eigenvalue weighted by Gasteiger charge is 2.29. The third kappa shape index (κ3) is 3.55. The molecule has 2 rings (SSSR count). The van der Waals surface area contributed by atoms with Gasteiger partial charge < -0.3 is 16.0 Å². The van der Waals surface area contributed by atoms with E-state index in [1.165, 1.54) is 0 Å². The molecule has 1 aromatic heterocycles. The summed E-state index contributed by atoms with van der Waals surface area (Å²) in [5, 5.41) is 14.5. The molecule has 8 heteroatoms. The number of piperidine rings is 1. The molecule has 2 atom stereocenters. The number of nitrogens with one attached hydrogen (secondary N) is 1. The number of nitrogen functional groups attached to an aromatic ring is 1. The van der Waals surface area contributed by atoms with Crippen LogP contribution in [0.1, 0.15) is 40.0 Å². The summed E-state index contributed by atoms with van der Waals surface area (Å²) in [6.07, 6.45) is 3.02. The van der Waals surface area contributed by atoms with E-state index in [1.54, 1.807) is 0 Å². The molecule has 122 valence electrons. The van der Waals surface area contributed by atoms with Gasteiger partial charge in [0.25, 0.3) is 0 Å². The first kappa shape index (κ1) is 16.3. The molecule has 3 N–H and O–H groups in total. The highest BCUT2D eigenvalue weighted by molar-refractivity contribution is 5.71. The summed E-state index contributed by atoms with van der Waals surface area (Å²) in [6.45, 7) is 7.69. The van der Waals surface area contributed by atoms with Gasteiger partial charge in [-0.25, -0.2) is 0 Å². The van der Waals surface area contributed by atoms with E-state index in [0.717, 1.165) is 32.4 Å². The minimum absolute atomic E-state index is 0.0842. The Morgan fingerprint density at radius 2 is 2.27 bits per heavy atom. The minimum Gasteiger partial charge on any atom is -0.378 e. The predicted octanol–water partition coefficient (Wildman–Crippen LogP) is 2.41. The smallest absolute Gasteiger partial charge is 0.353 e. The molecule has 1 saturated heterocycles. The lowest BCUT2D eigenvalue weighted by molar-refractivity contribution is -0.383. The Morgan fingerprint density at radius 3 is 2.86 bits per heavy atom. The van der Waals surface area contributed by atoms with Crippen LogP contribution in [0.15, 0.2) is 0 Å². The van der Waals surface area contributed by atoms with E-state index >= 15 is 0 Å². The zero-order valence-corrected chi connectivity index (χ0v) is 13.4. The van der Waals surface area contributed by atoms with Crippen LogP contribution in [0.5, 0.6) is 0 Å². The predicted molar refractivity (Wildman–Crippen MR) is 87.1 cm³/mol. The van der Waals surface area contributed by atoms with Crippen molar-refractivity contribution in [1.82, 2.24) is 9.97 Å². The Labute approximate surface area is 130 Å². The summed E-state index contributed by atoms with van der Waals surface area (Å²) in [4.78, 5) is 21.2. The molecule has 1 aliphatic rings. The van der Waals surface area contributed by atoms with Crippen molar-refractivity contribution in [2.45, 2.75) is 46.1 Å². The molecular weight excluding hydrogens is 284 g/mol. The maximum atomic E-state index is 11.4. The molecule has 0 saturated carbocycles. The number of rotatable bonds is 5. The third-order valence-electron chi connectivity index (χ3n) is 4.02. The lowest BCUT2D eigenvalue weighted by Gasteiger charge is -2.31. The van der Waals surface area contributed by atoms with Gasteiger partial charge in [0.1, 0.15) is 0 Å². The fourth-order valence-corrected chi connectivity index (χ4v) is 2.62. The second-order valence-corrected chi connectivity index (χ2v) is 6.01. The first-order valence-corrected chi connectivity index (χ1v) is 7.75. The highest BCUT2D eigenvalue weighted by Crippen LogP contribution is 2.34. The lowest BCUT2D eigenvalue weighted by atomic mass is 10.0. The van der Waals surface area contributed by atoms with Crippen molar-refractivity contribution in [2.75, 3.05) is 29.0 Å². The molecule has 1 aromatic rings. The van der Waals surface area contributed by atoms with Gasteiger partial charge in [0.15, 0.2) is 0 Å². The Bertz CT molecular complexity index is 550. The number of nitro groups is 1. The van der Waals surface area contributed by atoms with E-state index < -0.39 is 4.92 Å². The van der Waals surface area contributed by atoms with Gasteiger partial charge in [-0.05, 0) is 32.1 Å². The van der Waals surface area contributed by atoms with Crippen molar-refractivity contribution in [3.8, 4) is 0 Å². The molecule has 2 heterocycles. The Kier molecular flexibility index (Phi) is 4.99. The van der Waals surface area contributed by atoms with Gasteiger partial charge in [-0.15, -0.1) is 0 Å². The maximum absolute atomic E-state index is 11.4. The summed E-state index contributed by atoms with van der Waals surface area (Å²) >= 11 is 0. The molecular formula is C14H24N6O2. The molecule has 0 spiro atoms. The summed E-state index contributed by atoms with van der Waals surface area (Å²) in [5.41, 5.74) is 5.63. The van der Waals surface area contributed by atoms with Crippen molar-refractivity contribution in [3.63, 3.8) is 0 Å². The Hall–Kier alpha value is -2.12. The van der Waals surface area contributed by atoms with Gasteiger partial charge >= 0.3 is 5.69 Å². The molecule has 0 aromatic carbocycles. The number of aromatic nitrogens is 2. The van der Waals surface area contributed by atoms with E-state index in [4.69, 9.17) is 5.73 Å². The fourth-order valence-electron chi connectivity index (χ4n) is 2.62. The standard InChI is InChI=1S/C14H24N6O2/c1-4-10(3)16-14-17-12(15)11(20(21)22)13(18-14)19-7-5-6-9(2)8-19/h9-10H,4-8H2,1-3H3,(H3,15,16,17,18)/t9-,10+/m1/s1. The maximum Gasteiger partial charge on any atom is 0.353 e. The van der Waals surface area contributed by atoms with Crippen molar-refractivity contribution < 1.29 is 4.92 Å². The summed E-state index contributed by atoms with van der Waals surface area (Å²) in [5.74, 6) is 1.08. The third-order valence-corrected chi connectivity index (χ3v) is 4.02. The van der Waals surface area contributed by atoms with E-state index in [9.17, 15) is 10.1 Å². The molecule has 0 radical (unpaired) electrons. The average molecular weight is 308 g/mol. The number of nitrogens with zero attached hydrogens (tertiary/aromatic N) is 4. The first-order chi connectivity index (χ1) is 10.4. The van der Waals surface area contributed by atoms with Crippen LogP contribution >= 0.6 is 0 Å². The SMILES string of the molecule is CC[C@H](C)Nc1nc(N)c([N+](=O)[O-])c(N2CCC[C@@H](C)C2)n1. The van der Waals surface area contributed by atoms with Gasteiger partial charge in [-0.2, -0.15) is 9.97 Å². The van der Waals surface area contributed by atoms with Crippen LogP contribution in [-0.2, 0) is 0 Å². The second-order valence-electron chi connectivity index (χ2n) is 6.01. The van der Waals surface area contributed by atoms with Crippen LogP contribution in [0.4, 0.5) is 23.3 Å². The van der Waals surface area contributed by atoms with E-state index in [0.29, 0.717) is 17.7 Å². The number of anilines is 3. The van der Waals surface area contributed by atoms with E-state index in [1.807, 2.05) is 18.7 Å². The van der Waals surface area contributed by atoms with Gasteiger partial charge in [-0.3, -0.25) is 10.1 Å². The molecule has 1 fully saturated rings. The zero-order chi connectivity index (χ0) is 16.3. The summed E-state index contributed by atoms with van der Waals surface area (Å²) in [7, 11) is 0. The Morgan fingerprint density at radius 1 is 1.55 bits per heavy atom. The van der Waals surface area contributed by atoms with Crippen molar-refractivity contribution in [3.05, 3.63) is 10.1 Å². The normalized spacial score (nSPS) is 19.8. The molecule has 0 amide bonds. The second kappa shape index (κ2) is 6.76. The monoisotopic (exact) mass is 308 g/mol. The fraction of sp³-hybridized carbons (Fsp3) is 0.714. The van der Waals surface area contributed by atoms with E-state index in [-0.39, 0.29) is 17.5 Å². The zero-order valence-electron chi connectivity index (χ0n) is 13.4. The summed E-state index contributed by atoms with van der Waals surface area (Å²) < 4.78 is 0. The number of nitrogens with two attached hydrogens (primary N) is 1. The lowest BCUT2D eigenvalue weighted by Crippen LogP contribution is -2.35. The summed E-state index contributed by atoms with van der Waals surface area (Å²) in [6, 6.07) is 0.175. The average Bonchev–Trinajstić information content (AvgIpc) is 2.46. The number of hydrogen-bond donors (Lipinski definition) is 2. The molecule has 22 heavy (non-hydrogen) atoms. The first-order valence-electron chi connectivity index (χ1n) is 7.75. The van der Waals surface area contributed by atoms with Crippen LogP contribution < -0.4 is 16.0 Å². The van der Waals surface area contributed by atoms with Crippen molar-refractivity contribution in [2.24, 2.45) is 5.92 Å². The van der Waals surface area contributed by atoms with E-state index in [2.05, 4.69) is 22.2 Å². The van der Waals surface area contributed by atoms with Crippen LogP contribution in [0.25, 0.3) is 0 Å². The molecule has 0 unspecified atom stereocenters. The molecule has 1 aliphatic heterocycles. The highest BCUT2D eigenvalue weighted by atomic mass is 16.6. The number of hydrogen-bond acceptors (Lipinski definition) is 7. The van der Waals surface area contributed by atoms with Gasteiger partial charge in [0.2, 0.25) is 17.6 Å². The van der Waals surface area contributed by atoms with Crippen LogP contribution in [0.3, 0.4) is 0 Å². The quantitative estimate of drug-likeness (QED) is 0.634. The van der Waals surface area contributed by atoms with Crippen LogP contribution in [0, 0.1) is 16.0 Å².